The molecule has 0 bridgehead atoms. The highest BCUT2D eigenvalue weighted by Crippen LogP contribution is 2.15. The van der Waals surface area contributed by atoms with Crippen LogP contribution in [-0.2, 0) is 4.79 Å². The Morgan fingerprint density at radius 1 is 0.600 bits per heavy atom. The Hall–Kier alpha value is -0.530. The minimum absolute atomic E-state index is 0.417. The number of carbonyl (C=O) groups excluding carboxylic acids is 1. The number of amides is 1. The molecule has 1 aliphatic rings. The predicted octanol–water partition coefficient (Wildman–Crippen LogP) is 7.26. The lowest BCUT2D eigenvalue weighted by atomic mass is 10.0. The van der Waals surface area contributed by atoms with Gasteiger partial charge in [0.15, 0.2) is 0 Å². The molecule has 2 nitrogen and oxygen atoms in total. The first-order valence-corrected chi connectivity index (χ1v) is 11.6. The Bertz CT molecular complexity index is 294. The first kappa shape index (κ1) is 22.5. The summed E-state index contributed by atoms with van der Waals surface area (Å²) in [4.78, 5) is 14.3. The van der Waals surface area contributed by atoms with Crippen molar-refractivity contribution in [1.29, 1.82) is 0 Å². The van der Waals surface area contributed by atoms with Crippen LogP contribution in [0, 0.1) is 0 Å². The minimum Gasteiger partial charge on any atom is -0.343 e. The van der Waals surface area contributed by atoms with E-state index in [4.69, 9.17) is 0 Å². The molecule has 2 heteroatoms. The Morgan fingerprint density at radius 2 is 1.00 bits per heavy atom. The van der Waals surface area contributed by atoms with Gasteiger partial charge in [0, 0.05) is 19.5 Å². The second-order valence-electron chi connectivity index (χ2n) is 8.14. The fourth-order valence-electron chi connectivity index (χ4n) is 3.95. The first-order valence-electron chi connectivity index (χ1n) is 11.6. The molecule has 0 radical (unpaired) electrons. The van der Waals surface area contributed by atoms with Crippen molar-refractivity contribution in [3.63, 3.8) is 0 Å². The van der Waals surface area contributed by atoms with Gasteiger partial charge in [-0.25, -0.2) is 0 Å². The van der Waals surface area contributed by atoms with E-state index in [0.29, 0.717) is 5.91 Å². The van der Waals surface area contributed by atoms with E-state index in [-0.39, 0.29) is 0 Å². The van der Waals surface area contributed by atoms with E-state index in [9.17, 15) is 4.79 Å². The zero-order chi connectivity index (χ0) is 18.0. The van der Waals surface area contributed by atoms with E-state index >= 15 is 0 Å². The summed E-state index contributed by atoms with van der Waals surface area (Å²) >= 11 is 0. The zero-order valence-electron chi connectivity index (χ0n) is 17.2. The molecule has 0 aromatic rings. The van der Waals surface area contributed by atoms with Crippen molar-refractivity contribution >= 4 is 5.91 Å². The molecule has 1 saturated heterocycles. The summed E-state index contributed by atoms with van der Waals surface area (Å²) in [6.07, 6.45) is 25.1. The van der Waals surface area contributed by atoms with Gasteiger partial charge in [-0.05, 0) is 19.3 Å². The van der Waals surface area contributed by atoms with Crippen molar-refractivity contribution in [2.45, 2.75) is 129 Å². The smallest absolute Gasteiger partial charge is 0.222 e. The molecule has 0 aliphatic carbocycles. The molecule has 0 atom stereocenters. The summed E-state index contributed by atoms with van der Waals surface area (Å²) in [5.41, 5.74) is 0. The monoisotopic (exact) mass is 351 g/mol. The third-order valence-corrected chi connectivity index (χ3v) is 5.70. The van der Waals surface area contributed by atoms with Crippen LogP contribution in [0.25, 0.3) is 0 Å². The van der Waals surface area contributed by atoms with Crippen molar-refractivity contribution in [1.82, 2.24) is 4.90 Å². The van der Waals surface area contributed by atoms with Crippen LogP contribution in [0.1, 0.15) is 129 Å². The van der Waals surface area contributed by atoms with Gasteiger partial charge in [-0.1, -0.05) is 103 Å². The lowest BCUT2D eigenvalue weighted by Gasteiger charge is -2.20. The number of carbonyl (C=O) groups is 1. The van der Waals surface area contributed by atoms with Crippen molar-refractivity contribution in [3.05, 3.63) is 0 Å². The number of unbranched alkanes of at least 4 members (excludes halogenated alkanes) is 13. The third kappa shape index (κ3) is 13.3. The molecular weight excluding hydrogens is 306 g/mol. The molecule has 0 aromatic carbocycles. The van der Waals surface area contributed by atoms with Gasteiger partial charge in [0.25, 0.3) is 0 Å². The second kappa shape index (κ2) is 16.9. The minimum atomic E-state index is 0.417. The Balaban J connectivity index is 1.79. The molecule has 0 saturated carbocycles. The fraction of sp³-hybridized carbons (Fsp3) is 0.957. The van der Waals surface area contributed by atoms with E-state index in [2.05, 4.69) is 11.8 Å². The van der Waals surface area contributed by atoms with E-state index in [1.165, 1.54) is 109 Å². The third-order valence-electron chi connectivity index (χ3n) is 5.70. The van der Waals surface area contributed by atoms with Crippen molar-refractivity contribution in [2.75, 3.05) is 13.1 Å². The predicted molar refractivity (Wildman–Crippen MR) is 110 cm³/mol. The number of hydrogen-bond acceptors (Lipinski definition) is 1. The van der Waals surface area contributed by atoms with E-state index in [0.717, 1.165) is 25.9 Å². The Morgan fingerprint density at radius 3 is 1.44 bits per heavy atom. The average Bonchev–Trinajstić information content (AvgIpc) is 2.91. The molecule has 1 amide bonds. The molecule has 0 aromatic heterocycles. The van der Waals surface area contributed by atoms with Crippen LogP contribution in [0.5, 0.6) is 0 Å². The highest BCUT2D eigenvalue weighted by atomic mass is 16.2. The normalized spacial score (nSPS) is 15.3. The molecule has 0 spiro atoms. The van der Waals surface area contributed by atoms with Crippen LogP contribution < -0.4 is 0 Å². The molecule has 25 heavy (non-hydrogen) atoms. The molecule has 1 fully saturated rings. The van der Waals surface area contributed by atoms with Gasteiger partial charge in [-0.2, -0.15) is 0 Å². The maximum atomic E-state index is 12.2. The van der Waals surface area contributed by atoms with E-state index < -0.39 is 0 Å². The summed E-state index contributed by atoms with van der Waals surface area (Å²) in [5.74, 6) is 0.417. The Kier molecular flexibility index (Phi) is 15.2. The van der Waals surface area contributed by atoms with Gasteiger partial charge in [-0.15, -0.1) is 0 Å². The average molecular weight is 352 g/mol. The molecule has 0 N–H and O–H groups in total. The zero-order valence-corrected chi connectivity index (χ0v) is 17.2. The van der Waals surface area contributed by atoms with Crippen LogP contribution in [0.3, 0.4) is 0 Å². The van der Waals surface area contributed by atoms with E-state index in [1.54, 1.807) is 0 Å². The number of rotatable bonds is 15. The highest BCUT2D eigenvalue weighted by Gasteiger charge is 2.14. The molecule has 0 unspecified atom stereocenters. The number of hydrogen-bond donors (Lipinski definition) is 0. The van der Waals surface area contributed by atoms with Crippen LogP contribution >= 0.6 is 0 Å². The van der Waals surface area contributed by atoms with Crippen molar-refractivity contribution in [3.8, 4) is 0 Å². The molecule has 1 rings (SSSR count). The van der Waals surface area contributed by atoms with Gasteiger partial charge >= 0.3 is 0 Å². The maximum Gasteiger partial charge on any atom is 0.222 e. The summed E-state index contributed by atoms with van der Waals surface area (Å²) in [6.45, 7) is 4.31. The summed E-state index contributed by atoms with van der Waals surface area (Å²) < 4.78 is 0. The highest BCUT2D eigenvalue weighted by molar-refractivity contribution is 5.76. The lowest BCUT2D eigenvalue weighted by Crippen LogP contribution is -2.31. The fourth-order valence-corrected chi connectivity index (χ4v) is 3.95. The molecule has 1 aliphatic heterocycles. The standard InChI is InChI=1S/C23H45NO/c1-2-3-4-5-6-7-8-9-10-11-12-13-14-17-20-23(25)24-21-18-15-16-19-22-24/h2-22H2,1H3. The van der Waals surface area contributed by atoms with Gasteiger partial charge in [0.2, 0.25) is 5.91 Å². The summed E-state index contributed by atoms with van der Waals surface area (Å²) in [7, 11) is 0. The van der Waals surface area contributed by atoms with Crippen LogP contribution in [0.15, 0.2) is 0 Å². The maximum absolute atomic E-state index is 12.2. The van der Waals surface area contributed by atoms with Crippen LogP contribution in [0.4, 0.5) is 0 Å². The SMILES string of the molecule is CCCCCCCCCCCCCCCCC(=O)N1CCCCCC1. The van der Waals surface area contributed by atoms with Crippen LogP contribution in [-0.4, -0.2) is 23.9 Å². The quantitative estimate of drug-likeness (QED) is 0.284. The van der Waals surface area contributed by atoms with Gasteiger partial charge in [-0.3, -0.25) is 4.79 Å². The number of likely N-dealkylation sites (tertiary alicyclic amines) is 1. The second-order valence-corrected chi connectivity index (χ2v) is 8.14. The topological polar surface area (TPSA) is 20.3 Å². The Labute approximate surface area is 158 Å². The van der Waals surface area contributed by atoms with Gasteiger partial charge < -0.3 is 4.90 Å². The summed E-state index contributed by atoms with van der Waals surface area (Å²) in [5, 5.41) is 0. The molecular formula is C23H45NO. The molecule has 148 valence electrons. The largest absolute Gasteiger partial charge is 0.343 e. The lowest BCUT2D eigenvalue weighted by molar-refractivity contribution is -0.131. The van der Waals surface area contributed by atoms with Gasteiger partial charge in [0.05, 0.1) is 0 Å². The number of nitrogens with zero attached hydrogens (tertiary/aromatic N) is 1. The summed E-state index contributed by atoms with van der Waals surface area (Å²) in [6, 6.07) is 0. The van der Waals surface area contributed by atoms with Gasteiger partial charge in [0.1, 0.15) is 0 Å². The first-order chi connectivity index (χ1) is 12.3. The van der Waals surface area contributed by atoms with Crippen molar-refractivity contribution < 1.29 is 4.79 Å². The van der Waals surface area contributed by atoms with Crippen LogP contribution in [0.2, 0.25) is 0 Å². The van der Waals surface area contributed by atoms with Crippen molar-refractivity contribution in [2.24, 2.45) is 0 Å². The van der Waals surface area contributed by atoms with E-state index in [1.807, 2.05) is 0 Å². The molecule has 1 heterocycles.